The molecule has 2 rings (SSSR count). The Morgan fingerprint density at radius 3 is 2.65 bits per heavy atom. The summed E-state index contributed by atoms with van der Waals surface area (Å²) in [5.74, 6) is 1.14. The van der Waals surface area contributed by atoms with Crippen molar-refractivity contribution in [2.75, 3.05) is 19.8 Å². The van der Waals surface area contributed by atoms with Crippen LogP contribution in [0.4, 0.5) is 0 Å². The molecule has 1 aliphatic heterocycles. The molecule has 1 heterocycles. The normalized spacial score (nSPS) is 32.0. The highest BCUT2D eigenvalue weighted by atomic mass is 16.5. The summed E-state index contributed by atoms with van der Waals surface area (Å²) in [4.78, 5) is 12.2. The van der Waals surface area contributed by atoms with Crippen LogP contribution in [0.5, 0.6) is 0 Å². The van der Waals surface area contributed by atoms with Crippen molar-refractivity contribution in [2.24, 2.45) is 11.8 Å². The smallest absolute Gasteiger partial charge is 0.323 e. The molecular formula is C16H29NO3. The maximum absolute atomic E-state index is 12.2. The van der Waals surface area contributed by atoms with Gasteiger partial charge in [0.2, 0.25) is 0 Å². The summed E-state index contributed by atoms with van der Waals surface area (Å²) >= 11 is 0. The summed E-state index contributed by atoms with van der Waals surface area (Å²) in [6.45, 7) is 6.26. The van der Waals surface area contributed by atoms with Gasteiger partial charge >= 0.3 is 5.97 Å². The fourth-order valence-corrected chi connectivity index (χ4v) is 3.36. The highest BCUT2D eigenvalue weighted by Gasteiger charge is 2.32. The van der Waals surface area contributed by atoms with Gasteiger partial charge in [-0.05, 0) is 44.4 Å². The minimum absolute atomic E-state index is 0.0787. The molecule has 0 bridgehead atoms. The van der Waals surface area contributed by atoms with Gasteiger partial charge in [0.05, 0.1) is 12.7 Å². The van der Waals surface area contributed by atoms with E-state index in [0.29, 0.717) is 12.5 Å². The molecule has 2 atom stereocenters. The molecule has 4 nitrogen and oxygen atoms in total. The van der Waals surface area contributed by atoms with Crippen LogP contribution >= 0.6 is 0 Å². The van der Waals surface area contributed by atoms with Crippen LogP contribution in [0.1, 0.15) is 52.4 Å². The number of hydrogen-bond acceptors (Lipinski definition) is 4. The van der Waals surface area contributed by atoms with E-state index >= 15 is 0 Å². The molecule has 0 aromatic heterocycles. The maximum atomic E-state index is 12.2. The second-order valence-corrected chi connectivity index (χ2v) is 6.29. The number of carbonyl (C=O) groups is 1. The third-order valence-corrected chi connectivity index (χ3v) is 4.66. The molecule has 1 aliphatic carbocycles. The highest BCUT2D eigenvalue weighted by Crippen LogP contribution is 2.31. The van der Waals surface area contributed by atoms with Gasteiger partial charge < -0.3 is 14.8 Å². The standard InChI is InChI=1S/C16H29NO3/c1-3-19-16(18)15(13-8-6-12(2)7-9-13)17-11-14-5-4-10-20-14/h12-15,17H,3-11H2,1-2H3. The van der Waals surface area contributed by atoms with E-state index in [4.69, 9.17) is 9.47 Å². The number of esters is 1. The van der Waals surface area contributed by atoms with Crippen molar-refractivity contribution in [3.8, 4) is 0 Å². The van der Waals surface area contributed by atoms with Crippen molar-refractivity contribution in [1.29, 1.82) is 0 Å². The first-order chi connectivity index (χ1) is 9.70. The van der Waals surface area contributed by atoms with E-state index in [1.807, 2.05) is 6.92 Å². The predicted molar refractivity (Wildman–Crippen MR) is 78.5 cm³/mol. The zero-order chi connectivity index (χ0) is 14.4. The van der Waals surface area contributed by atoms with Crippen LogP contribution in [0.2, 0.25) is 0 Å². The molecule has 2 fully saturated rings. The van der Waals surface area contributed by atoms with Gasteiger partial charge in [0.15, 0.2) is 0 Å². The van der Waals surface area contributed by atoms with Crippen LogP contribution in [0.25, 0.3) is 0 Å². The van der Waals surface area contributed by atoms with Crippen molar-refractivity contribution in [3.63, 3.8) is 0 Å². The van der Waals surface area contributed by atoms with Gasteiger partial charge in [0.1, 0.15) is 6.04 Å². The van der Waals surface area contributed by atoms with Crippen LogP contribution in [0.15, 0.2) is 0 Å². The fraction of sp³-hybridized carbons (Fsp3) is 0.938. The molecule has 116 valence electrons. The van der Waals surface area contributed by atoms with Crippen molar-refractivity contribution < 1.29 is 14.3 Å². The Kier molecular flexibility index (Phi) is 6.30. The Bertz CT molecular complexity index is 294. The summed E-state index contributed by atoms with van der Waals surface area (Å²) in [6.07, 6.45) is 7.22. The molecule has 2 unspecified atom stereocenters. The minimum atomic E-state index is -0.147. The molecule has 2 aliphatic rings. The van der Waals surface area contributed by atoms with Gasteiger partial charge in [0, 0.05) is 13.2 Å². The third kappa shape index (κ3) is 4.45. The van der Waals surface area contributed by atoms with E-state index in [2.05, 4.69) is 12.2 Å². The van der Waals surface area contributed by atoms with Crippen LogP contribution < -0.4 is 5.32 Å². The van der Waals surface area contributed by atoms with E-state index in [1.54, 1.807) is 0 Å². The molecule has 0 aromatic carbocycles. The van der Waals surface area contributed by atoms with Crippen LogP contribution in [-0.2, 0) is 14.3 Å². The maximum Gasteiger partial charge on any atom is 0.323 e. The van der Waals surface area contributed by atoms with Crippen molar-refractivity contribution in [1.82, 2.24) is 5.32 Å². The van der Waals surface area contributed by atoms with Crippen molar-refractivity contribution in [3.05, 3.63) is 0 Å². The summed E-state index contributed by atoms with van der Waals surface area (Å²) in [5, 5.41) is 3.43. The number of ether oxygens (including phenoxy) is 2. The predicted octanol–water partition coefficient (Wildman–Crippen LogP) is 2.51. The lowest BCUT2D eigenvalue weighted by molar-refractivity contribution is -0.147. The average molecular weight is 283 g/mol. The zero-order valence-corrected chi connectivity index (χ0v) is 12.9. The Morgan fingerprint density at radius 2 is 2.05 bits per heavy atom. The van der Waals surface area contributed by atoms with E-state index in [9.17, 15) is 4.79 Å². The number of hydrogen-bond donors (Lipinski definition) is 1. The summed E-state index contributed by atoms with van der Waals surface area (Å²) in [6, 6.07) is -0.147. The lowest BCUT2D eigenvalue weighted by Crippen LogP contribution is -2.47. The van der Waals surface area contributed by atoms with E-state index in [-0.39, 0.29) is 18.1 Å². The Morgan fingerprint density at radius 1 is 1.30 bits per heavy atom. The quantitative estimate of drug-likeness (QED) is 0.761. The lowest BCUT2D eigenvalue weighted by Gasteiger charge is -2.32. The Hall–Kier alpha value is -0.610. The van der Waals surface area contributed by atoms with Gasteiger partial charge in [-0.15, -0.1) is 0 Å². The summed E-state index contributed by atoms with van der Waals surface area (Å²) < 4.78 is 10.9. The first-order valence-corrected chi connectivity index (χ1v) is 8.22. The van der Waals surface area contributed by atoms with E-state index in [1.165, 1.54) is 12.8 Å². The second kappa shape index (κ2) is 7.99. The molecule has 1 saturated carbocycles. The second-order valence-electron chi connectivity index (χ2n) is 6.29. The largest absolute Gasteiger partial charge is 0.465 e. The van der Waals surface area contributed by atoms with Gasteiger partial charge in [-0.3, -0.25) is 4.79 Å². The van der Waals surface area contributed by atoms with Crippen molar-refractivity contribution >= 4 is 5.97 Å². The number of rotatable bonds is 6. The molecule has 1 N–H and O–H groups in total. The third-order valence-electron chi connectivity index (χ3n) is 4.66. The van der Waals surface area contributed by atoms with Gasteiger partial charge in [-0.1, -0.05) is 19.8 Å². The Labute approximate surface area is 122 Å². The molecule has 0 radical (unpaired) electrons. The molecular weight excluding hydrogens is 254 g/mol. The van der Waals surface area contributed by atoms with E-state index in [0.717, 1.165) is 44.8 Å². The van der Waals surface area contributed by atoms with Crippen LogP contribution in [0, 0.1) is 11.8 Å². The van der Waals surface area contributed by atoms with Crippen molar-refractivity contribution in [2.45, 2.75) is 64.5 Å². The monoisotopic (exact) mass is 283 g/mol. The van der Waals surface area contributed by atoms with Gasteiger partial charge in [-0.25, -0.2) is 0 Å². The molecule has 20 heavy (non-hydrogen) atoms. The molecule has 0 aromatic rings. The summed E-state index contributed by atoms with van der Waals surface area (Å²) in [7, 11) is 0. The van der Waals surface area contributed by atoms with E-state index < -0.39 is 0 Å². The topological polar surface area (TPSA) is 47.6 Å². The molecule has 0 spiro atoms. The zero-order valence-electron chi connectivity index (χ0n) is 12.9. The average Bonchev–Trinajstić information content (AvgIpc) is 2.94. The fourth-order valence-electron chi connectivity index (χ4n) is 3.36. The number of carbonyl (C=O) groups excluding carboxylic acids is 1. The SMILES string of the molecule is CCOC(=O)C(NCC1CCCO1)C1CCC(C)CC1. The first kappa shape index (κ1) is 15.8. The first-order valence-electron chi connectivity index (χ1n) is 8.22. The van der Waals surface area contributed by atoms with Gasteiger partial charge in [0.25, 0.3) is 0 Å². The van der Waals surface area contributed by atoms with Crippen LogP contribution in [0.3, 0.4) is 0 Å². The Balaban J connectivity index is 1.87. The van der Waals surface area contributed by atoms with Gasteiger partial charge in [-0.2, -0.15) is 0 Å². The molecule has 4 heteroatoms. The lowest BCUT2D eigenvalue weighted by atomic mass is 9.79. The number of nitrogens with one attached hydrogen (secondary N) is 1. The van der Waals surface area contributed by atoms with Crippen LogP contribution in [-0.4, -0.2) is 37.9 Å². The molecule has 1 saturated heterocycles. The summed E-state index contributed by atoms with van der Waals surface area (Å²) in [5.41, 5.74) is 0. The minimum Gasteiger partial charge on any atom is -0.465 e. The highest BCUT2D eigenvalue weighted by molar-refractivity contribution is 5.76. The molecule has 0 amide bonds.